The van der Waals surface area contributed by atoms with Crippen molar-refractivity contribution in [3.63, 3.8) is 0 Å². The molecule has 0 spiro atoms. The first-order chi connectivity index (χ1) is 16.4. The smallest absolute Gasteiger partial charge is 0.415 e. The van der Waals surface area contributed by atoms with Gasteiger partial charge in [-0.3, -0.25) is 13.8 Å². The molecule has 0 aliphatic heterocycles. The Morgan fingerprint density at radius 1 is 0.889 bits per heavy atom. The molecule has 36 heavy (non-hydrogen) atoms. The number of aromatic nitrogens is 3. The zero-order valence-electron chi connectivity index (χ0n) is 17.9. The van der Waals surface area contributed by atoms with Crippen LogP contribution >= 0.6 is 0 Å². The summed E-state index contributed by atoms with van der Waals surface area (Å²) in [5.74, 6) is -0.799. The van der Waals surface area contributed by atoms with E-state index in [2.05, 4.69) is 21.0 Å². The van der Waals surface area contributed by atoms with Crippen molar-refractivity contribution in [1.29, 1.82) is 0 Å². The van der Waals surface area contributed by atoms with Crippen molar-refractivity contribution in [2.45, 2.75) is 12.4 Å². The first kappa shape index (κ1) is 28.9. The number of alkyl halides is 6. The molecule has 193 valence electrons. The molecule has 3 heterocycles. The summed E-state index contributed by atoms with van der Waals surface area (Å²) in [7, 11) is 1.50. The van der Waals surface area contributed by atoms with E-state index >= 15 is 0 Å². The predicted molar refractivity (Wildman–Crippen MR) is 108 cm³/mol. The topological polar surface area (TPSA) is 49.1 Å². The summed E-state index contributed by atoms with van der Waals surface area (Å²) in [6.07, 6.45) is -7.44. The average molecular weight is 692 g/mol. The molecule has 0 aliphatic rings. The van der Waals surface area contributed by atoms with Gasteiger partial charge in [0.15, 0.2) is 0 Å². The van der Waals surface area contributed by atoms with Crippen LogP contribution in [0, 0.1) is 17.7 Å². The Balaban J connectivity index is 0.000000250. The maximum Gasteiger partial charge on any atom is 0.415 e. The fourth-order valence-corrected chi connectivity index (χ4v) is 2.90. The van der Waals surface area contributed by atoms with Gasteiger partial charge in [-0.15, -0.1) is 12.1 Å². The van der Waals surface area contributed by atoms with Crippen LogP contribution in [0.15, 0.2) is 61.1 Å². The summed E-state index contributed by atoms with van der Waals surface area (Å²) < 4.78 is 107. The summed E-state index contributed by atoms with van der Waals surface area (Å²) in [6, 6.07) is 11.5. The summed E-state index contributed by atoms with van der Waals surface area (Å²) in [5, 5.41) is 0. The van der Waals surface area contributed by atoms with Gasteiger partial charge in [0, 0.05) is 55.4 Å². The van der Waals surface area contributed by atoms with Gasteiger partial charge in [0.25, 0.3) is 0 Å². The van der Waals surface area contributed by atoms with Gasteiger partial charge in [0.05, 0.1) is 12.7 Å². The van der Waals surface area contributed by atoms with E-state index in [1.54, 1.807) is 12.1 Å². The van der Waals surface area contributed by atoms with Gasteiger partial charge in [-0.1, -0.05) is 23.4 Å². The molecule has 0 aliphatic carbocycles. The number of ether oxygens (including phenoxy) is 1. The summed E-state index contributed by atoms with van der Waals surface area (Å²) >= 11 is 0. The van der Waals surface area contributed by atoms with Gasteiger partial charge in [-0.25, -0.2) is 0 Å². The normalized spacial score (nSPS) is 11.2. The van der Waals surface area contributed by atoms with Crippen LogP contribution in [-0.2, 0) is 32.5 Å². The Hall–Kier alpha value is -3.31. The molecule has 4 aromatic rings. The Labute approximate surface area is 212 Å². The number of halogens is 8. The zero-order chi connectivity index (χ0) is 25.8. The molecule has 0 amide bonds. The van der Waals surface area contributed by atoms with Crippen molar-refractivity contribution in [3.05, 3.63) is 89.9 Å². The first-order valence-corrected chi connectivity index (χ1v) is 9.50. The second kappa shape index (κ2) is 11.6. The third-order valence-electron chi connectivity index (χ3n) is 4.41. The minimum atomic E-state index is -5.16. The second-order valence-electron chi connectivity index (χ2n) is 6.73. The van der Waals surface area contributed by atoms with Gasteiger partial charge in [-0.05, 0) is 30.0 Å². The molecular formula is C23H13F8IrN3O-2. The third kappa shape index (κ3) is 6.88. The van der Waals surface area contributed by atoms with Gasteiger partial charge in [0.2, 0.25) is 0 Å². The largest absolute Gasteiger partial charge is 0.661 e. The first-order valence-electron chi connectivity index (χ1n) is 9.50. The van der Waals surface area contributed by atoms with Gasteiger partial charge in [-0.2, -0.15) is 32.5 Å². The van der Waals surface area contributed by atoms with Crippen molar-refractivity contribution >= 4 is 0 Å². The Kier molecular flexibility index (Phi) is 9.33. The van der Waals surface area contributed by atoms with Crippen molar-refractivity contribution < 1.29 is 60.0 Å². The van der Waals surface area contributed by atoms with E-state index in [-0.39, 0.29) is 37.6 Å². The van der Waals surface area contributed by atoms with Gasteiger partial charge < -0.3 is 14.7 Å². The standard InChI is InChI=1S/C12H8F2NO.C11H5F6N2.Ir/c1-16-9-4-5-15-12(7-9)10-3-2-8(13)6-11(10)14;12-10(13,14)6-5-19-9(8(6)11(15,16)17)7-3-1-2-4-18-7;/h2,4-7H,1H3;1-5H;/q2*-1;. The van der Waals surface area contributed by atoms with E-state index in [4.69, 9.17) is 4.74 Å². The van der Waals surface area contributed by atoms with Crippen molar-refractivity contribution in [3.8, 4) is 28.4 Å². The Morgan fingerprint density at radius 3 is 2.14 bits per heavy atom. The molecule has 4 rings (SSSR count). The number of hydrogen-bond acceptors (Lipinski definition) is 3. The monoisotopic (exact) mass is 692 g/mol. The van der Waals surface area contributed by atoms with E-state index in [1.165, 1.54) is 31.6 Å². The molecule has 4 nitrogen and oxygen atoms in total. The van der Waals surface area contributed by atoms with Crippen LogP contribution in [0.3, 0.4) is 0 Å². The van der Waals surface area contributed by atoms with Crippen LogP contribution in [-0.4, -0.2) is 17.1 Å². The number of pyridine rings is 2. The SMILES string of the molecule is COc1ccnc(-c2[c-]cc(F)cc2F)c1.FC(F)(F)c1c[n-]c(-c2ccccn2)c1C(F)(F)F.[Ir]. The number of rotatable bonds is 3. The fraction of sp³-hybridized carbons (Fsp3) is 0.130. The van der Waals surface area contributed by atoms with Crippen LogP contribution in [0.25, 0.3) is 22.6 Å². The van der Waals surface area contributed by atoms with Crippen LogP contribution in [0.4, 0.5) is 35.1 Å². The van der Waals surface area contributed by atoms with Crippen LogP contribution in [0.1, 0.15) is 11.1 Å². The average Bonchev–Trinajstić information content (AvgIpc) is 3.27. The van der Waals surface area contributed by atoms with Crippen LogP contribution < -0.4 is 9.72 Å². The maximum absolute atomic E-state index is 13.4. The van der Waals surface area contributed by atoms with Gasteiger partial charge >= 0.3 is 12.4 Å². The molecule has 0 atom stereocenters. The molecule has 0 bridgehead atoms. The van der Waals surface area contributed by atoms with E-state index in [9.17, 15) is 35.1 Å². The molecular weight excluding hydrogens is 678 g/mol. The minimum absolute atomic E-state index is 0. The molecule has 0 saturated carbocycles. The van der Waals surface area contributed by atoms with E-state index in [0.717, 1.165) is 18.2 Å². The van der Waals surface area contributed by atoms with E-state index < -0.39 is 40.8 Å². The quantitative estimate of drug-likeness (QED) is 0.180. The molecule has 0 N–H and O–H groups in total. The molecule has 0 fully saturated rings. The van der Waals surface area contributed by atoms with Crippen molar-refractivity contribution in [2.75, 3.05) is 7.11 Å². The van der Waals surface area contributed by atoms with Crippen molar-refractivity contribution in [1.82, 2.24) is 15.0 Å². The molecule has 3 aromatic heterocycles. The van der Waals surface area contributed by atoms with Crippen LogP contribution in [0.2, 0.25) is 0 Å². The van der Waals surface area contributed by atoms with Gasteiger partial charge in [0.1, 0.15) is 5.75 Å². The minimum Gasteiger partial charge on any atom is -0.661 e. The maximum atomic E-state index is 13.4. The molecule has 13 heteroatoms. The summed E-state index contributed by atoms with van der Waals surface area (Å²) in [6.45, 7) is 0. The molecule has 1 aromatic carbocycles. The molecule has 0 unspecified atom stereocenters. The second-order valence-corrected chi connectivity index (χ2v) is 6.73. The summed E-state index contributed by atoms with van der Waals surface area (Å²) in [4.78, 5) is 10.8. The Morgan fingerprint density at radius 2 is 1.58 bits per heavy atom. The van der Waals surface area contributed by atoms with E-state index in [0.29, 0.717) is 11.4 Å². The van der Waals surface area contributed by atoms with Crippen LogP contribution in [0.5, 0.6) is 5.75 Å². The number of benzene rings is 1. The van der Waals surface area contributed by atoms with E-state index in [1.807, 2.05) is 0 Å². The Bertz CT molecular complexity index is 1290. The third-order valence-corrected chi connectivity index (χ3v) is 4.41. The molecule has 0 saturated heterocycles. The zero-order valence-corrected chi connectivity index (χ0v) is 20.3. The number of nitrogens with zero attached hydrogens (tertiary/aromatic N) is 3. The fourth-order valence-electron chi connectivity index (χ4n) is 2.90. The van der Waals surface area contributed by atoms with Crippen molar-refractivity contribution in [2.24, 2.45) is 0 Å². The predicted octanol–water partition coefficient (Wildman–Crippen LogP) is 6.58. The molecule has 1 radical (unpaired) electrons. The summed E-state index contributed by atoms with van der Waals surface area (Å²) in [5.41, 5.74) is -4.21. The number of methoxy groups -OCH3 is 1. The number of hydrogen-bond donors (Lipinski definition) is 0.